The van der Waals surface area contributed by atoms with Gasteiger partial charge in [0.15, 0.2) is 0 Å². The van der Waals surface area contributed by atoms with Crippen LogP contribution in [0.5, 0.6) is 0 Å². The average Bonchev–Trinajstić information content (AvgIpc) is 2.60. The van der Waals surface area contributed by atoms with Crippen molar-refractivity contribution in [3.63, 3.8) is 0 Å². The van der Waals surface area contributed by atoms with Gasteiger partial charge in [0.2, 0.25) is 0 Å². The summed E-state index contributed by atoms with van der Waals surface area (Å²) in [4.78, 5) is 0. The molecule has 1 unspecified atom stereocenters. The third kappa shape index (κ3) is 2.54. The molecular weight excluding hydrogens is 192 g/mol. The highest BCUT2D eigenvalue weighted by Crippen LogP contribution is 2.29. The maximum Gasteiger partial charge on any atom is 0.0834 e. The van der Waals surface area contributed by atoms with Gasteiger partial charge in [0.1, 0.15) is 0 Å². The number of aliphatic hydroxyl groups excluding tert-OH is 1. The van der Waals surface area contributed by atoms with E-state index >= 15 is 0 Å². The summed E-state index contributed by atoms with van der Waals surface area (Å²) < 4.78 is 1.66. The quantitative estimate of drug-likeness (QED) is 0.717. The molecule has 0 fully saturated rings. The topological polar surface area (TPSA) is 77.0 Å². The van der Waals surface area contributed by atoms with Crippen LogP contribution in [0.25, 0.3) is 0 Å². The zero-order valence-corrected chi connectivity index (χ0v) is 9.64. The minimum atomic E-state index is -0.282. The summed E-state index contributed by atoms with van der Waals surface area (Å²) in [6.07, 6.45) is 2.54. The Balaban J connectivity index is 2.83. The molecular formula is C10H20N4O. The van der Waals surface area contributed by atoms with Crippen LogP contribution in [0.15, 0.2) is 6.20 Å². The summed E-state index contributed by atoms with van der Waals surface area (Å²) in [5.41, 5.74) is 6.36. The van der Waals surface area contributed by atoms with Gasteiger partial charge in [0.05, 0.1) is 12.3 Å². The molecule has 1 atom stereocenters. The molecule has 0 radical (unpaired) electrons. The van der Waals surface area contributed by atoms with Crippen molar-refractivity contribution in [2.24, 2.45) is 24.1 Å². The predicted octanol–water partition coefficient (Wildman–Crippen LogP) is -0.0490. The van der Waals surface area contributed by atoms with Crippen LogP contribution in [0.4, 0.5) is 0 Å². The first-order chi connectivity index (χ1) is 7.04. The number of aryl methyl sites for hydroxylation is 1. The smallest absolute Gasteiger partial charge is 0.0834 e. The Kier molecular flexibility index (Phi) is 3.82. The van der Waals surface area contributed by atoms with Gasteiger partial charge in [0, 0.05) is 31.6 Å². The van der Waals surface area contributed by atoms with Crippen LogP contribution >= 0.6 is 0 Å². The van der Waals surface area contributed by atoms with E-state index in [-0.39, 0.29) is 12.0 Å². The molecule has 1 heterocycles. The third-order valence-corrected chi connectivity index (χ3v) is 3.13. The second-order valence-corrected chi connectivity index (χ2v) is 4.44. The summed E-state index contributed by atoms with van der Waals surface area (Å²) in [5.74, 6) is 0.314. The molecule has 86 valence electrons. The van der Waals surface area contributed by atoms with Gasteiger partial charge in [-0.1, -0.05) is 19.1 Å². The number of rotatable bonds is 5. The highest BCUT2D eigenvalue weighted by molar-refractivity contribution is 5.00. The Morgan fingerprint density at radius 2 is 2.27 bits per heavy atom. The number of hydrogen-bond donors (Lipinski definition) is 2. The van der Waals surface area contributed by atoms with E-state index in [1.165, 1.54) is 0 Å². The van der Waals surface area contributed by atoms with Crippen LogP contribution in [-0.4, -0.2) is 33.3 Å². The number of aromatic nitrogens is 3. The first kappa shape index (κ1) is 12.1. The van der Waals surface area contributed by atoms with Crippen molar-refractivity contribution in [2.45, 2.75) is 20.3 Å². The molecule has 0 aliphatic rings. The zero-order chi connectivity index (χ0) is 11.5. The predicted molar refractivity (Wildman–Crippen MR) is 58.1 cm³/mol. The van der Waals surface area contributed by atoms with Crippen molar-refractivity contribution in [3.8, 4) is 0 Å². The van der Waals surface area contributed by atoms with Crippen molar-refractivity contribution in [2.75, 3.05) is 13.2 Å². The molecule has 0 aromatic carbocycles. The molecule has 0 bridgehead atoms. The van der Waals surface area contributed by atoms with Gasteiger partial charge in [0.25, 0.3) is 0 Å². The standard InChI is InChI=1S/C10H20N4O/c1-8(2)10(6-11,7-15)4-9-5-14(3)13-12-9/h5,8,15H,4,6-7,11H2,1-3H3. The fourth-order valence-corrected chi connectivity index (χ4v) is 1.65. The summed E-state index contributed by atoms with van der Waals surface area (Å²) >= 11 is 0. The van der Waals surface area contributed by atoms with Gasteiger partial charge in [-0.15, -0.1) is 5.10 Å². The van der Waals surface area contributed by atoms with Crippen LogP contribution in [0, 0.1) is 11.3 Å². The lowest BCUT2D eigenvalue weighted by atomic mass is 9.74. The first-order valence-electron chi connectivity index (χ1n) is 5.20. The molecule has 0 aliphatic heterocycles. The Labute approximate surface area is 90.3 Å². The number of aliphatic hydroxyl groups is 1. The van der Waals surface area contributed by atoms with Crippen molar-refractivity contribution in [3.05, 3.63) is 11.9 Å². The van der Waals surface area contributed by atoms with Crippen molar-refractivity contribution < 1.29 is 5.11 Å². The average molecular weight is 212 g/mol. The number of nitrogens with zero attached hydrogens (tertiary/aromatic N) is 3. The molecule has 1 aromatic heterocycles. The van der Waals surface area contributed by atoms with Gasteiger partial charge in [-0.05, 0) is 5.92 Å². The molecule has 3 N–H and O–H groups in total. The van der Waals surface area contributed by atoms with Gasteiger partial charge in [-0.25, -0.2) is 0 Å². The van der Waals surface area contributed by atoms with Gasteiger partial charge >= 0.3 is 0 Å². The normalized spacial score (nSPS) is 15.6. The SMILES string of the molecule is CC(C)C(CN)(CO)Cc1cn(C)nn1. The van der Waals surface area contributed by atoms with Crippen LogP contribution in [0.1, 0.15) is 19.5 Å². The van der Waals surface area contributed by atoms with Crippen LogP contribution in [-0.2, 0) is 13.5 Å². The monoisotopic (exact) mass is 212 g/mol. The maximum absolute atomic E-state index is 9.48. The Morgan fingerprint density at radius 1 is 1.60 bits per heavy atom. The molecule has 15 heavy (non-hydrogen) atoms. The summed E-state index contributed by atoms with van der Waals surface area (Å²) in [6, 6.07) is 0. The lowest BCUT2D eigenvalue weighted by Crippen LogP contribution is -2.41. The molecule has 0 amide bonds. The minimum Gasteiger partial charge on any atom is -0.396 e. The summed E-state index contributed by atoms with van der Waals surface area (Å²) in [7, 11) is 1.83. The van der Waals surface area contributed by atoms with Crippen LogP contribution in [0.2, 0.25) is 0 Å². The van der Waals surface area contributed by atoms with E-state index in [1.807, 2.05) is 13.2 Å². The highest BCUT2D eigenvalue weighted by Gasteiger charge is 2.32. The largest absolute Gasteiger partial charge is 0.396 e. The van der Waals surface area contributed by atoms with E-state index in [0.29, 0.717) is 18.9 Å². The van der Waals surface area contributed by atoms with Gasteiger partial charge in [-0.2, -0.15) is 0 Å². The van der Waals surface area contributed by atoms with Crippen molar-refractivity contribution >= 4 is 0 Å². The van der Waals surface area contributed by atoms with E-state index in [1.54, 1.807) is 4.68 Å². The van der Waals surface area contributed by atoms with Crippen LogP contribution < -0.4 is 5.73 Å². The molecule has 1 aromatic rings. The van der Waals surface area contributed by atoms with E-state index in [2.05, 4.69) is 24.2 Å². The fraction of sp³-hybridized carbons (Fsp3) is 0.800. The Bertz CT molecular complexity index is 304. The lowest BCUT2D eigenvalue weighted by Gasteiger charge is -2.33. The van der Waals surface area contributed by atoms with Gasteiger partial charge < -0.3 is 10.8 Å². The second kappa shape index (κ2) is 4.72. The van der Waals surface area contributed by atoms with Crippen molar-refractivity contribution in [1.29, 1.82) is 0 Å². The van der Waals surface area contributed by atoms with E-state index in [9.17, 15) is 5.11 Å². The lowest BCUT2D eigenvalue weighted by molar-refractivity contribution is 0.0832. The first-order valence-corrected chi connectivity index (χ1v) is 5.20. The van der Waals surface area contributed by atoms with E-state index in [4.69, 9.17) is 5.73 Å². The third-order valence-electron chi connectivity index (χ3n) is 3.13. The maximum atomic E-state index is 9.48. The molecule has 1 rings (SSSR count). The summed E-state index contributed by atoms with van der Waals surface area (Å²) in [6.45, 7) is 4.67. The Hall–Kier alpha value is -0.940. The second-order valence-electron chi connectivity index (χ2n) is 4.44. The molecule has 0 saturated heterocycles. The fourth-order valence-electron chi connectivity index (χ4n) is 1.65. The number of nitrogens with two attached hydrogens (primary N) is 1. The molecule has 0 aliphatic carbocycles. The van der Waals surface area contributed by atoms with Crippen LogP contribution in [0.3, 0.4) is 0 Å². The van der Waals surface area contributed by atoms with E-state index in [0.717, 1.165) is 5.69 Å². The number of hydrogen-bond acceptors (Lipinski definition) is 4. The molecule has 5 heteroatoms. The summed E-state index contributed by atoms with van der Waals surface area (Å²) in [5, 5.41) is 17.4. The highest BCUT2D eigenvalue weighted by atomic mass is 16.3. The van der Waals surface area contributed by atoms with Crippen molar-refractivity contribution in [1.82, 2.24) is 15.0 Å². The van der Waals surface area contributed by atoms with Gasteiger partial charge in [-0.3, -0.25) is 4.68 Å². The Morgan fingerprint density at radius 3 is 2.60 bits per heavy atom. The molecule has 0 spiro atoms. The van der Waals surface area contributed by atoms with E-state index < -0.39 is 0 Å². The molecule has 5 nitrogen and oxygen atoms in total. The zero-order valence-electron chi connectivity index (χ0n) is 9.64. The minimum absolute atomic E-state index is 0.0811. The molecule has 0 saturated carbocycles.